The topological polar surface area (TPSA) is 107 Å². The lowest BCUT2D eigenvalue weighted by atomic mass is 9.93. The van der Waals surface area contributed by atoms with Crippen molar-refractivity contribution in [2.45, 2.75) is 32.1 Å². The third kappa shape index (κ3) is 3.72. The first-order chi connectivity index (χ1) is 14.7. The van der Waals surface area contributed by atoms with Crippen LogP contribution in [0.25, 0.3) is 11.1 Å². The summed E-state index contributed by atoms with van der Waals surface area (Å²) < 4.78 is 0. The summed E-state index contributed by atoms with van der Waals surface area (Å²) in [6.45, 7) is 3.86. The van der Waals surface area contributed by atoms with E-state index in [0.29, 0.717) is 24.1 Å². The molecule has 0 unspecified atom stereocenters. The molecule has 1 aliphatic rings. The zero-order valence-corrected chi connectivity index (χ0v) is 17.3. The Labute approximate surface area is 179 Å². The second kappa shape index (κ2) is 7.47. The molecule has 6 heteroatoms. The number of anilines is 1. The molecule has 6 nitrogen and oxygen atoms in total. The molecule has 3 aromatic rings. The number of aromatic hydroxyl groups is 2. The number of aromatic carboxylic acids is 1. The number of benzene rings is 3. The van der Waals surface area contributed by atoms with Crippen LogP contribution in [0.3, 0.4) is 0 Å². The number of aryl methyl sites for hydroxylation is 2. The van der Waals surface area contributed by atoms with Gasteiger partial charge in [0.2, 0.25) is 5.91 Å². The van der Waals surface area contributed by atoms with Crippen LogP contribution in [0, 0.1) is 13.8 Å². The highest BCUT2D eigenvalue weighted by molar-refractivity contribution is 6.02. The molecule has 1 fully saturated rings. The maximum Gasteiger partial charge on any atom is 0.335 e. The number of phenols is 2. The molecule has 0 spiro atoms. The molecular weight excluding hydrogens is 394 g/mol. The average Bonchev–Trinajstić information content (AvgIpc) is 3.54. The van der Waals surface area contributed by atoms with Gasteiger partial charge in [-0.2, -0.15) is 0 Å². The maximum absolute atomic E-state index is 13.1. The summed E-state index contributed by atoms with van der Waals surface area (Å²) >= 11 is 0. The van der Waals surface area contributed by atoms with Gasteiger partial charge in [0.25, 0.3) is 0 Å². The molecule has 0 atom stereocenters. The number of carbonyl (C=O) groups is 2. The lowest BCUT2D eigenvalue weighted by Crippen LogP contribution is -2.27. The Bertz CT molecular complexity index is 1210. The molecule has 3 aromatic carbocycles. The second-order valence-electron chi connectivity index (χ2n) is 8.10. The first-order valence-corrected chi connectivity index (χ1v) is 10.0. The standard InChI is InChI=1S/C25H23NO5/c1-14-3-5-16(23(29)30)11-19(14)20-13-18(7-4-15(20)2)26-24(31)25(9-10-25)17-6-8-21(27)22(28)12-17/h3-8,11-13,27-28H,9-10H2,1-2H3,(H,26,31)(H,29,30). The summed E-state index contributed by atoms with van der Waals surface area (Å²) in [5, 5.41) is 31.7. The summed E-state index contributed by atoms with van der Waals surface area (Å²) in [6.07, 6.45) is 1.31. The minimum absolute atomic E-state index is 0.177. The fourth-order valence-corrected chi connectivity index (χ4v) is 3.88. The fourth-order valence-electron chi connectivity index (χ4n) is 3.88. The van der Waals surface area contributed by atoms with Crippen LogP contribution in [0.2, 0.25) is 0 Å². The van der Waals surface area contributed by atoms with Crippen molar-refractivity contribution < 1.29 is 24.9 Å². The van der Waals surface area contributed by atoms with Crippen molar-refractivity contribution in [3.63, 3.8) is 0 Å². The summed E-state index contributed by atoms with van der Waals surface area (Å²) in [6, 6.07) is 15.0. The molecule has 0 aromatic heterocycles. The number of carboxylic acid groups (broad SMARTS) is 1. The zero-order valence-electron chi connectivity index (χ0n) is 17.3. The minimum atomic E-state index is -0.990. The van der Waals surface area contributed by atoms with E-state index in [9.17, 15) is 24.9 Å². The van der Waals surface area contributed by atoms with Gasteiger partial charge in [0.05, 0.1) is 11.0 Å². The van der Waals surface area contributed by atoms with Gasteiger partial charge in [0, 0.05) is 5.69 Å². The van der Waals surface area contributed by atoms with E-state index < -0.39 is 11.4 Å². The van der Waals surface area contributed by atoms with Crippen molar-refractivity contribution in [2.24, 2.45) is 0 Å². The largest absolute Gasteiger partial charge is 0.504 e. The van der Waals surface area contributed by atoms with Crippen molar-refractivity contribution in [1.29, 1.82) is 0 Å². The number of hydrogen-bond acceptors (Lipinski definition) is 4. The molecule has 0 saturated heterocycles. The first kappa shape index (κ1) is 20.5. The monoisotopic (exact) mass is 417 g/mol. The van der Waals surface area contributed by atoms with Crippen molar-refractivity contribution >= 4 is 17.6 Å². The molecule has 0 bridgehead atoms. The lowest BCUT2D eigenvalue weighted by molar-refractivity contribution is -0.118. The van der Waals surface area contributed by atoms with E-state index in [1.165, 1.54) is 12.1 Å². The Hall–Kier alpha value is -3.80. The number of amides is 1. The van der Waals surface area contributed by atoms with Gasteiger partial charge in [0.1, 0.15) is 0 Å². The van der Waals surface area contributed by atoms with Crippen molar-refractivity contribution in [3.05, 3.63) is 76.9 Å². The minimum Gasteiger partial charge on any atom is -0.504 e. The van der Waals surface area contributed by atoms with E-state index in [2.05, 4.69) is 5.32 Å². The van der Waals surface area contributed by atoms with Gasteiger partial charge in [-0.05, 0) is 90.9 Å². The quantitative estimate of drug-likeness (QED) is 0.448. The molecule has 1 aliphatic carbocycles. The Morgan fingerprint density at radius 2 is 1.48 bits per heavy atom. The molecule has 1 amide bonds. The van der Waals surface area contributed by atoms with E-state index in [4.69, 9.17) is 0 Å². The normalized spacial score (nSPS) is 14.1. The third-order valence-corrected chi connectivity index (χ3v) is 5.98. The van der Waals surface area contributed by atoms with Gasteiger partial charge >= 0.3 is 5.97 Å². The number of phenolic OH excluding ortho intramolecular Hbond substituents is 2. The van der Waals surface area contributed by atoms with Gasteiger partial charge in [-0.1, -0.05) is 18.2 Å². The number of hydrogen-bond donors (Lipinski definition) is 4. The van der Waals surface area contributed by atoms with E-state index in [0.717, 1.165) is 22.3 Å². The van der Waals surface area contributed by atoms with Crippen LogP contribution < -0.4 is 5.32 Å². The Balaban J connectivity index is 1.65. The van der Waals surface area contributed by atoms with Crippen LogP contribution in [-0.4, -0.2) is 27.2 Å². The molecule has 4 rings (SSSR count). The van der Waals surface area contributed by atoms with Crippen LogP contribution in [0.5, 0.6) is 11.5 Å². The maximum atomic E-state index is 13.1. The van der Waals surface area contributed by atoms with Crippen molar-refractivity contribution in [3.8, 4) is 22.6 Å². The smallest absolute Gasteiger partial charge is 0.335 e. The van der Waals surface area contributed by atoms with E-state index in [1.54, 1.807) is 24.3 Å². The summed E-state index contributed by atoms with van der Waals surface area (Å²) in [4.78, 5) is 24.5. The predicted molar refractivity (Wildman–Crippen MR) is 118 cm³/mol. The van der Waals surface area contributed by atoms with Crippen LogP contribution >= 0.6 is 0 Å². The van der Waals surface area contributed by atoms with Gasteiger partial charge in [-0.25, -0.2) is 4.79 Å². The average molecular weight is 417 g/mol. The highest BCUT2D eigenvalue weighted by atomic mass is 16.4. The number of nitrogens with one attached hydrogen (secondary N) is 1. The number of carboxylic acids is 1. The molecule has 0 radical (unpaired) electrons. The van der Waals surface area contributed by atoms with E-state index >= 15 is 0 Å². The lowest BCUT2D eigenvalue weighted by Gasteiger charge is -2.18. The van der Waals surface area contributed by atoms with E-state index in [-0.39, 0.29) is 23.0 Å². The summed E-state index contributed by atoms with van der Waals surface area (Å²) in [5.41, 5.74) is 4.32. The molecule has 0 heterocycles. The Morgan fingerprint density at radius 1 is 0.839 bits per heavy atom. The third-order valence-electron chi connectivity index (χ3n) is 5.98. The first-order valence-electron chi connectivity index (χ1n) is 10.0. The molecule has 158 valence electrons. The molecule has 4 N–H and O–H groups in total. The van der Waals surface area contributed by atoms with Crippen molar-refractivity contribution in [1.82, 2.24) is 0 Å². The highest BCUT2D eigenvalue weighted by Crippen LogP contribution is 2.50. The Morgan fingerprint density at radius 3 is 2.10 bits per heavy atom. The number of rotatable bonds is 5. The molecule has 1 saturated carbocycles. The molecule has 31 heavy (non-hydrogen) atoms. The van der Waals surface area contributed by atoms with Crippen LogP contribution in [0.4, 0.5) is 5.69 Å². The molecule has 0 aliphatic heterocycles. The predicted octanol–water partition coefficient (Wildman–Crippen LogP) is 4.75. The highest BCUT2D eigenvalue weighted by Gasteiger charge is 2.51. The molecular formula is C25H23NO5. The second-order valence-corrected chi connectivity index (χ2v) is 8.10. The van der Waals surface area contributed by atoms with E-state index in [1.807, 2.05) is 32.0 Å². The fraction of sp³-hybridized carbons (Fsp3) is 0.200. The zero-order chi connectivity index (χ0) is 22.3. The van der Waals surface area contributed by atoms with Gasteiger partial charge < -0.3 is 20.6 Å². The van der Waals surface area contributed by atoms with Crippen LogP contribution in [0.15, 0.2) is 54.6 Å². The van der Waals surface area contributed by atoms with Crippen LogP contribution in [-0.2, 0) is 10.2 Å². The van der Waals surface area contributed by atoms with Gasteiger partial charge in [-0.3, -0.25) is 4.79 Å². The summed E-state index contributed by atoms with van der Waals surface area (Å²) in [7, 11) is 0. The number of carbonyl (C=O) groups excluding carboxylic acids is 1. The van der Waals surface area contributed by atoms with Gasteiger partial charge in [0.15, 0.2) is 11.5 Å². The SMILES string of the molecule is Cc1ccc(NC(=O)C2(c3ccc(O)c(O)c3)CC2)cc1-c1cc(C(=O)O)ccc1C. The Kier molecular flexibility index (Phi) is 4.93. The van der Waals surface area contributed by atoms with Crippen molar-refractivity contribution in [2.75, 3.05) is 5.32 Å². The van der Waals surface area contributed by atoms with Crippen LogP contribution in [0.1, 0.15) is 39.9 Å². The van der Waals surface area contributed by atoms with Gasteiger partial charge in [-0.15, -0.1) is 0 Å². The summed E-state index contributed by atoms with van der Waals surface area (Å²) in [5.74, 6) is -1.63.